The van der Waals surface area contributed by atoms with Gasteiger partial charge in [-0.2, -0.15) is 5.10 Å². The number of para-hydroxylation sites is 1. The Kier molecular flexibility index (Phi) is 4.03. The number of rotatable bonds is 3. The summed E-state index contributed by atoms with van der Waals surface area (Å²) in [6.45, 7) is 1.95. The summed E-state index contributed by atoms with van der Waals surface area (Å²) in [5.41, 5.74) is 2.55. The number of hydrogen-bond donors (Lipinski definition) is 1. The molecule has 2 aromatic heterocycles. The molecule has 25 heavy (non-hydrogen) atoms. The van der Waals surface area contributed by atoms with Crippen LogP contribution in [-0.4, -0.2) is 15.7 Å². The van der Waals surface area contributed by atoms with E-state index in [9.17, 15) is 4.79 Å². The largest absolute Gasteiger partial charge is 0.321 e. The number of aryl methyl sites for hydroxylation is 1. The van der Waals surface area contributed by atoms with Crippen LogP contribution in [0.5, 0.6) is 0 Å². The zero-order chi connectivity index (χ0) is 17.4. The molecule has 4 rings (SSSR count). The predicted molar refractivity (Wildman–Crippen MR) is 103 cm³/mol. The Balaban J connectivity index is 1.71. The molecule has 6 heteroatoms. The Bertz CT molecular complexity index is 1070. The summed E-state index contributed by atoms with van der Waals surface area (Å²) in [4.78, 5) is 14.2. The van der Waals surface area contributed by atoms with Crippen LogP contribution in [0.2, 0.25) is 5.02 Å². The predicted octanol–water partition coefficient (Wildman–Crippen LogP) is 5.30. The first-order chi connectivity index (χ1) is 12.1. The fourth-order valence-corrected chi connectivity index (χ4v) is 3.93. The molecule has 4 aromatic rings. The maximum absolute atomic E-state index is 12.6. The van der Waals surface area contributed by atoms with E-state index in [-0.39, 0.29) is 5.91 Å². The number of carbonyl (C=O) groups is 1. The fourth-order valence-electron chi connectivity index (χ4n) is 2.66. The van der Waals surface area contributed by atoms with Gasteiger partial charge in [0.1, 0.15) is 4.83 Å². The molecule has 2 aromatic carbocycles. The molecular formula is C19H14ClN3OS. The summed E-state index contributed by atoms with van der Waals surface area (Å²) in [5.74, 6) is -0.150. The van der Waals surface area contributed by atoms with E-state index in [1.165, 1.54) is 11.3 Å². The van der Waals surface area contributed by atoms with Crippen molar-refractivity contribution in [1.82, 2.24) is 9.78 Å². The van der Waals surface area contributed by atoms with Gasteiger partial charge in [-0.1, -0.05) is 35.9 Å². The monoisotopic (exact) mass is 367 g/mol. The number of halogens is 1. The fraction of sp³-hybridized carbons (Fsp3) is 0.0526. The van der Waals surface area contributed by atoms with Crippen molar-refractivity contribution in [2.24, 2.45) is 0 Å². The molecule has 0 saturated carbocycles. The summed E-state index contributed by atoms with van der Waals surface area (Å²) in [7, 11) is 0. The molecular weight excluding hydrogens is 354 g/mol. The van der Waals surface area contributed by atoms with Crippen LogP contribution in [0, 0.1) is 6.92 Å². The molecule has 0 radical (unpaired) electrons. The zero-order valence-corrected chi connectivity index (χ0v) is 14.9. The highest BCUT2D eigenvalue weighted by molar-refractivity contribution is 7.20. The third kappa shape index (κ3) is 3.04. The van der Waals surface area contributed by atoms with E-state index in [4.69, 9.17) is 11.6 Å². The summed E-state index contributed by atoms with van der Waals surface area (Å²) >= 11 is 7.40. The lowest BCUT2D eigenvalue weighted by Gasteiger charge is -2.04. The second-order valence-electron chi connectivity index (χ2n) is 5.63. The SMILES string of the molecule is Cc1nn(-c2ccccc2)c2sc(C(=O)Nc3cccc(Cl)c3)cc12. The maximum Gasteiger partial charge on any atom is 0.265 e. The molecule has 4 nitrogen and oxygen atoms in total. The minimum atomic E-state index is -0.150. The van der Waals surface area contributed by atoms with Gasteiger partial charge in [-0.15, -0.1) is 11.3 Å². The molecule has 2 heterocycles. The quantitative estimate of drug-likeness (QED) is 0.534. The number of hydrogen-bond acceptors (Lipinski definition) is 3. The molecule has 1 amide bonds. The van der Waals surface area contributed by atoms with Gasteiger partial charge >= 0.3 is 0 Å². The summed E-state index contributed by atoms with van der Waals surface area (Å²) < 4.78 is 1.88. The summed E-state index contributed by atoms with van der Waals surface area (Å²) in [6, 6.07) is 18.9. The van der Waals surface area contributed by atoms with Crippen LogP contribution in [-0.2, 0) is 0 Å². The summed E-state index contributed by atoms with van der Waals surface area (Å²) in [5, 5.41) is 9.06. The number of amides is 1. The van der Waals surface area contributed by atoms with Gasteiger partial charge in [0.25, 0.3) is 5.91 Å². The molecule has 124 valence electrons. The van der Waals surface area contributed by atoms with Crippen LogP contribution in [0.1, 0.15) is 15.4 Å². The van der Waals surface area contributed by atoms with Crippen LogP contribution in [0.4, 0.5) is 5.69 Å². The second kappa shape index (κ2) is 6.35. The van der Waals surface area contributed by atoms with E-state index >= 15 is 0 Å². The first kappa shape index (κ1) is 15.9. The van der Waals surface area contributed by atoms with Crippen molar-refractivity contribution in [3.8, 4) is 5.69 Å². The van der Waals surface area contributed by atoms with Crippen molar-refractivity contribution in [2.75, 3.05) is 5.32 Å². The summed E-state index contributed by atoms with van der Waals surface area (Å²) in [6.07, 6.45) is 0. The number of carbonyl (C=O) groups excluding carboxylic acids is 1. The van der Waals surface area contributed by atoms with E-state index in [2.05, 4.69) is 10.4 Å². The molecule has 0 bridgehead atoms. The minimum absolute atomic E-state index is 0.150. The van der Waals surface area contributed by atoms with Crippen molar-refractivity contribution in [1.29, 1.82) is 0 Å². The molecule has 1 N–H and O–H groups in total. The third-order valence-electron chi connectivity index (χ3n) is 3.85. The minimum Gasteiger partial charge on any atom is -0.321 e. The maximum atomic E-state index is 12.6. The number of thiophene rings is 1. The zero-order valence-electron chi connectivity index (χ0n) is 13.4. The van der Waals surface area contributed by atoms with Crippen LogP contribution >= 0.6 is 22.9 Å². The first-order valence-corrected chi connectivity index (χ1v) is 8.93. The average Bonchev–Trinajstić information content (AvgIpc) is 3.17. The number of benzene rings is 2. The van der Waals surface area contributed by atoms with Crippen molar-refractivity contribution >= 4 is 44.7 Å². The Morgan fingerprint density at radius 2 is 1.92 bits per heavy atom. The van der Waals surface area contributed by atoms with Gasteiger partial charge in [-0.05, 0) is 43.3 Å². The number of fused-ring (bicyclic) bond motifs is 1. The van der Waals surface area contributed by atoms with Gasteiger partial charge in [0.2, 0.25) is 0 Å². The number of aromatic nitrogens is 2. The highest BCUT2D eigenvalue weighted by Gasteiger charge is 2.17. The molecule has 0 fully saturated rings. The molecule has 0 aliphatic rings. The van der Waals surface area contributed by atoms with E-state index in [0.717, 1.165) is 21.6 Å². The van der Waals surface area contributed by atoms with Gasteiger partial charge in [0.05, 0.1) is 16.3 Å². The third-order valence-corrected chi connectivity index (χ3v) is 5.20. The van der Waals surface area contributed by atoms with Gasteiger partial charge in [-0.3, -0.25) is 4.79 Å². The Hall–Kier alpha value is -2.63. The Morgan fingerprint density at radius 3 is 2.68 bits per heavy atom. The Labute approximate surface area is 153 Å². The van der Waals surface area contributed by atoms with Crippen molar-refractivity contribution in [2.45, 2.75) is 6.92 Å². The topological polar surface area (TPSA) is 46.9 Å². The first-order valence-electron chi connectivity index (χ1n) is 7.73. The van der Waals surface area contributed by atoms with E-state index in [1.54, 1.807) is 18.2 Å². The van der Waals surface area contributed by atoms with E-state index in [1.807, 2.05) is 54.1 Å². The Morgan fingerprint density at radius 1 is 1.12 bits per heavy atom. The lowest BCUT2D eigenvalue weighted by atomic mass is 10.3. The second-order valence-corrected chi connectivity index (χ2v) is 7.09. The van der Waals surface area contributed by atoms with E-state index < -0.39 is 0 Å². The molecule has 0 aliphatic carbocycles. The van der Waals surface area contributed by atoms with Crippen LogP contribution in [0.25, 0.3) is 15.9 Å². The molecule has 0 spiro atoms. The smallest absolute Gasteiger partial charge is 0.265 e. The highest BCUT2D eigenvalue weighted by atomic mass is 35.5. The van der Waals surface area contributed by atoms with Crippen molar-refractivity contribution in [3.63, 3.8) is 0 Å². The van der Waals surface area contributed by atoms with Crippen molar-refractivity contribution in [3.05, 3.63) is 76.3 Å². The van der Waals surface area contributed by atoms with Crippen LogP contribution < -0.4 is 5.32 Å². The van der Waals surface area contributed by atoms with Crippen LogP contribution in [0.15, 0.2) is 60.7 Å². The highest BCUT2D eigenvalue weighted by Crippen LogP contribution is 2.31. The molecule has 0 atom stereocenters. The van der Waals surface area contributed by atoms with Crippen LogP contribution in [0.3, 0.4) is 0 Å². The molecule has 0 aliphatic heterocycles. The van der Waals surface area contributed by atoms with E-state index in [0.29, 0.717) is 15.6 Å². The number of nitrogens with zero attached hydrogens (tertiary/aromatic N) is 2. The van der Waals surface area contributed by atoms with Gasteiger partial charge in [0, 0.05) is 16.1 Å². The van der Waals surface area contributed by atoms with Gasteiger partial charge in [-0.25, -0.2) is 4.68 Å². The lowest BCUT2D eigenvalue weighted by molar-refractivity contribution is 0.103. The van der Waals surface area contributed by atoms with Gasteiger partial charge < -0.3 is 5.32 Å². The number of anilines is 1. The molecule has 0 unspecified atom stereocenters. The number of nitrogens with one attached hydrogen (secondary N) is 1. The lowest BCUT2D eigenvalue weighted by Crippen LogP contribution is -2.09. The molecule has 0 saturated heterocycles. The normalized spacial score (nSPS) is 11.0. The average molecular weight is 368 g/mol. The standard InChI is InChI=1S/C19H14ClN3OS/c1-12-16-11-17(18(24)21-14-7-5-6-13(20)10-14)25-19(16)23(22-12)15-8-3-2-4-9-15/h2-11H,1H3,(H,21,24). The van der Waals surface area contributed by atoms with Gasteiger partial charge in [0.15, 0.2) is 0 Å². The van der Waals surface area contributed by atoms with Crippen molar-refractivity contribution < 1.29 is 4.79 Å².